The zero-order valence-electron chi connectivity index (χ0n) is 7.66. The van der Waals surface area contributed by atoms with Crippen LogP contribution in [0.5, 0.6) is 0 Å². The monoisotopic (exact) mass is 186 g/mol. The molecule has 1 amide bonds. The van der Waals surface area contributed by atoms with E-state index in [1.165, 1.54) is 7.05 Å². The standard InChI is InChI=1S/C7H9NO3.CH5N/c9-1-6(10)8-2-7(3-8)4-11-5-7;1-2/h1H,2-5H2;2H2,1H3. The molecule has 2 aliphatic rings. The van der Waals surface area contributed by atoms with Crippen molar-refractivity contribution in [2.45, 2.75) is 0 Å². The van der Waals surface area contributed by atoms with Crippen LogP contribution >= 0.6 is 0 Å². The summed E-state index contributed by atoms with van der Waals surface area (Å²) in [5.41, 5.74) is 4.72. The maximum atomic E-state index is 10.7. The van der Waals surface area contributed by atoms with Gasteiger partial charge in [-0.3, -0.25) is 9.59 Å². The van der Waals surface area contributed by atoms with E-state index in [1.807, 2.05) is 0 Å². The molecule has 0 aromatic rings. The Kier molecular flexibility index (Phi) is 3.00. The molecule has 13 heavy (non-hydrogen) atoms. The van der Waals surface area contributed by atoms with Gasteiger partial charge < -0.3 is 15.4 Å². The smallest absolute Gasteiger partial charge is 0.286 e. The minimum Gasteiger partial charge on any atom is -0.380 e. The number of hydrogen-bond donors (Lipinski definition) is 1. The third kappa shape index (κ3) is 1.71. The van der Waals surface area contributed by atoms with Crippen molar-refractivity contribution in [1.82, 2.24) is 4.90 Å². The highest BCUT2D eigenvalue weighted by molar-refractivity contribution is 6.23. The van der Waals surface area contributed by atoms with Gasteiger partial charge in [-0.05, 0) is 7.05 Å². The van der Waals surface area contributed by atoms with Crippen LogP contribution in [-0.4, -0.2) is 50.4 Å². The third-order valence-corrected chi connectivity index (χ3v) is 2.28. The Bertz CT molecular complexity index is 205. The second kappa shape index (κ2) is 3.85. The van der Waals surface area contributed by atoms with E-state index in [2.05, 4.69) is 5.73 Å². The van der Waals surface area contributed by atoms with Gasteiger partial charge in [0.1, 0.15) is 0 Å². The molecule has 0 unspecified atom stereocenters. The molecule has 0 aromatic carbocycles. The number of nitrogens with zero attached hydrogens (tertiary/aromatic N) is 1. The highest BCUT2D eigenvalue weighted by atomic mass is 16.5. The fourth-order valence-electron chi connectivity index (χ4n) is 1.57. The first kappa shape index (κ1) is 10.1. The zero-order valence-corrected chi connectivity index (χ0v) is 7.66. The number of rotatable bonds is 1. The first-order valence-electron chi connectivity index (χ1n) is 4.15. The Morgan fingerprint density at radius 2 is 2.00 bits per heavy atom. The predicted octanol–water partition coefficient (Wildman–Crippen LogP) is -1.38. The van der Waals surface area contributed by atoms with Gasteiger partial charge in [-0.15, -0.1) is 0 Å². The molecule has 5 nitrogen and oxygen atoms in total. The van der Waals surface area contributed by atoms with Gasteiger partial charge >= 0.3 is 0 Å². The Morgan fingerprint density at radius 1 is 1.46 bits per heavy atom. The minimum absolute atomic E-state index is 0.221. The summed E-state index contributed by atoms with van der Waals surface area (Å²) in [5, 5.41) is 0. The first-order chi connectivity index (χ1) is 6.26. The Balaban J connectivity index is 0.000000396. The van der Waals surface area contributed by atoms with Crippen molar-refractivity contribution < 1.29 is 14.3 Å². The topological polar surface area (TPSA) is 72.6 Å². The number of hydrogen-bond acceptors (Lipinski definition) is 4. The molecule has 2 heterocycles. The van der Waals surface area contributed by atoms with Crippen LogP contribution in [0.4, 0.5) is 0 Å². The van der Waals surface area contributed by atoms with Gasteiger partial charge in [-0.1, -0.05) is 0 Å². The van der Waals surface area contributed by atoms with Gasteiger partial charge in [0.25, 0.3) is 5.91 Å². The maximum absolute atomic E-state index is 10.7. The van der Waals surface area contributed by atoms with Gasteiger partial charge in [0.15, 0.2) is 0 Å². The maximum Gasteiger partial charge on any atom is 0.286 e. The fourth-order valence-corrected chi connectivity index (χ4v) is 1.57. The Morgan fingerprint density at radius 3 is 2.31 bits per heavy atom. The van der Waals surface area contributed by atoms with Crippen molar-refractivity contribution in [3.05, 3.63) is 0 Å². The van der Waals surface area contributed by atoms with Crippen LogP contribution in [-0.2, 0) is 14.3 Å². The summed E-state index contributed by atoms with van der Waals surface area (Å²) in [6, 6.07) is 0. The molecule has 0 aromatic heterocycles. The Labute approximate surface area is 76.8 Å². The van der Waals surface area contributed by atoms with Crippen molar-refractivity contribution in [2.24, 2.45) is 11.1 Å². The largest absolute Gasteiger partial charge is 0.380 e. The molecular formula is C8H14N2O3. The number of carbonyl (C=O) groups excluding carboxylic acids is 2. The molecule has 2 aliphatic heterocycles. The van der Waals surface area contributed by atoms with E-state index in [0.29, 0.717) is 19.4 Å². The van der Waals surface area contributed by atoms with E-state index < -0.39 is 5.91 Å². The highest BCUT2D eigenvalue weighted by Gasteiger charge is 2.50. The van der Waals surface area contributed by atoms with Crippen LogP contribution in [0.2, 0.25) is 0 Å². The van der Waals surface area contributed by atoms with Gasteiger partial charge in [0.2, 0.25) is 6.29 Å². The average Bonchev–Trinajstić information content (AvgIpc) is 2.03. The molecule has 2 N–H and O–H groups in total. The summed E-state index contributed by atoms with van der Waals surface area (Å²) in [4.78, 5) is 22.3. The summed E-state index contributed by atoms with van der Waals surface area (Å²) in [6.07, 6.45) is 0.367. The molecule has 0 aliphatic carbocycles. The van der Waals surface area contributed by atoms with Crippen LogP contribution in [0.3, 0.4) is 0 Å². The second-order valence-corrected chi connectivity index (χ2v) is 3.30. The van der Waals surface area contributed by atoms with Crippen LogP contribution in [0.1, 0.15) is 0 Å². The minimum atomic E-state index is -0.400. The van der Waals surface area contributed by atoms with E-state index >= 15 is 0 Å². The molecule has 2 fully saturated rings. The molecular weight excluding hydrogens is 172 g/mol. The Hall–Kier alpha value is -0.940. The van der Waals surface area contributed by atoms with E-state index in [4.69, 9.17) is 4.74 Å². The van der Waals surface area contributed by atoms with Gasteiger partial charge in [-0.2, -0.15) is 0 Å². The zero-order chi connectivity index (χ0) is 9.90. The summed E-state index contributed by atoms with van der Waals surface area (Å²) in [6.45, 7) is 2.89. The van der Waals surface area contributed by atoms with Crippen molar-refractivity contribution in [2.75, 3.05) is 33.4 Å². The molecule has 0 radical (unpaired) electrons. The van der Waals surface area contributed by atoms with Gasteiger partial charge in [0, 0.05) is 13.1 Å². The molecule has 2 saturated heterocycles. The van der Waals surface area contributed by atoms with Crippen molar-refractivity contribution >= 4 is 12.2 Å². The quantitative estimate of drug-likeness (QED) is 0.404. The lowest BCUT2D eigenvalue weighted by Gasteiger charge is -2.54. The number of carbonyl (C=O) groups is 2. The fraction of sp³-hybridized carbons (Fsp3) is 0.750. The molecule has 0 bridgehead atoms. The first-order valence-corrected chi connectivity index (χ1v) is 4.15. The average molecular weight is 186 g/mol. The number of aldehydes is 1. The van der Waals surface area contributed by atoms with Crippen LogP contribution in [0.15, 0.2) is 0 Å². The summed E-state index contributed by atoms with van der Waals surface area (Å²) < 4.78 is 5.02. The van der Waals surface area contributed by atoms with Gasteiger partial charge in [-0.25, -0.2) is 0 Å². The van der Waals surface area contributed by atoms with Crippen LogP contribution in [0, 0.1) is 5.41 Å². The lowest BCUT2D eigenvalue weighted by Crippen LogP contribution is -2.67. The van der Waals surface area contributed by atoms with Crippen molar-refractivity contribution in [1.29, 1.82) is 0 Å². The second-order valence-electron chi connectivity index (χ2n) is 3.30. The summed E-state index contributed by atoms with van der Waals surface area (Å²) in [7, 11) is 1.50. The lowest BCUT2D eigenvalue weighted by molar-refractivity contribution is -0.194. The molecule has 0 atom stereocenters. The number of nitrogens with two attached hydrogens (primary N) is 1. The highest BCUT2D eigenvalue weighted by Crippen LogP contribution is 2.37. The van der Waals surface area contributed by atoms with Crippen LogP contribution in [0.25, 0.3) is 0 Å². The predicted molar refractivity (Wildman–Crippen MR) is 46.0 cm³/mol. The van der Waals surface area contributed by atoms with Crippen LogP contribution < -0.4 is 5.73 Å². The molecule has 2 rings (SSSR count). The van der Waals surface area contributed by atoms with Crippen molar-refractivity contribution in [3.63, 3.8) is 0 Å². The van der Waals surface area contributed by atoms with Crippen molar-refractivity contribution in [3.8, 4) is 0 Å². The normalized spacial score (nSPS) is 22.2. The molecule has 5 heteroatoms. The molecule has 0 saturated carbocycles. The lowest BCUT2D eigenvalue weighted by atomic mass is 9.78. The van der Waals surface area contributed by atoms with Gasteiger partial charge in [0.05, 0.1) is 18.6 Å². The number of amides is 1. The summed E-state index contributed by atoms with van der Waals surface area (Å²) >= 11 is 0. The SMILES string of the molecule is CN.O=CC(=O)N1CC2(COC2)C1. The summed E-state index contributed by atoms with van der Waals surface area (Å²) in [5.74, 6) is -0.400. The van der Waals surface area contributed by atoms with E-state index in [1.54, 1.807) is 4.90 Å². The molecule has 74 valence electrons. The number of likely N-dealkylation sites (tertiary alicyclic amines) is 1. The third-order valence-electron chi connectivity index (χ3n) is 2.28. The van der Waals surface area contributed by atoms with E-state index in [9.17, 15) is 9.59 Å². The number of ether oxygens (including phenoxy) is 1. The molecule has 1 spiro atoms. The van der Waals surface area contributed by atoms with E-state index in [0.717, 1.165) is 13.2 Å². The van der Waals surface area contributed by atoms with E-state index in [-0.39, 0.29) is 5.41 Å².